The number of hydrogen-bond donors (Lipinski definition) is 2. The van der Waals surface area contributed by atoms with E-state index in [9.17, 15) is 9.90 Å². The molecule has 0 aromatic rings. The lowest BCUT2D eigenvalue weighted by atomic mass is 9.97. The van der Waals surface area contributed by atoms with E-state index >= 15 is 0 Å². The lowest BCUT2D eigenvalue weighted by Gasteiger charge is -2.14. The molecule has 3 nitrogen and oxygen atoms in total. The summed E-state index contributed by atoms with van der Waals surface area (Å²) in [6.07, 6.45) is 10.2. The van der Waals surface area contributed by atoms with Crippen LogP contribution < -0.4 is 5.32 Å². The first-order valence-electron chi connectivity index (χ1n) is 6.86. The van der Waals surface area contributed by atoms with Crippen molar-refractivity contribution in [2.45, 2.75) is 57.5 Å². The van der Waals surface area contributed by atoms with Gasteiger partial charge in [0.1, 0.15) is 0 Å². The van der Waals surface area contributed by atoms with Crippen LogP contribution in [0, 0.1) is 5.92 Å². The van der Waals surface area contributed by atoms with Crippen LogP contribution in [0.1, 0.15) is 51.4 Å². The molecule has 0 radical (unpaired) electrons. The van der Waals surface area contributed by atoms with Gasteiger partial charge < -0.3 is 10.4 Å². The molecule has 0 aliphatic heterocycles. The molecule has 0 saturated heterocycles. The molecular weight excluding hydrogens is 214 g/mol. The molecular formula is C14H23NO2. The summed E-state index contributed by atoms with van der Waals surface area (Å²) in [5.74, 6) is 0.633. The summed E-state index contributed by atoms with van der Waals surface area (Å²) in [6.45, 7) is 0.739. The van der Waals surface area contributed by atoms with E-state index in [2.05, 4.69) is 11.4 Å². The van der Waals surface area contributed by atoms with Gasteiger partial charge in [-0.1, -0.05) is 11.6 Å². The van der Waals surface area contributed by atoms with Crippen molar-refractivity contribution in [3.63, 3.8) is 0 Å². The molecule has 1 saturated carbocycles. The number of carbonyl (C=O) groups is 1. The number of hydrogen-bond acceptors (Lipinski definition) is 2. The molecule has 2 N–H and O–H groups in total. The van der Waals surface area contributed by atoms with Crippen molar-refractivity contribution in [1.29, 1.82) is 0 Å². The molecule has 2 aliphatic rings. The van der Waals surface area contributed by atoms with E-state index < -0.39 is 0 Å². The summed E-state index contributed by atoms with van der Waals surface area (Å²) >= 11 is 0. The number of rotatable bonds is 4. The predicted octanol–water partition coefficient (Wildman–Crippen LogP) is 2.15. The first-order valence-corrected chi connectivity index (χ1v) is 6.86. The molecule has 1 amide bonds. The number of nitrogens with one attached hydrogen (secondary N) is 1. The van der Waals surface area contributed by atoms with Gasteiger partial charge >= 0.3 is 0 Å². The lowest BCUT2D eigenvalue weighted by molar-refractivity contribution is -0.120. The third kappa shape index (κ3) is 4.15. The van der Waals surface area contributed by atoms with Crippen LogP contribution in [-0.2, 0) is 4.79 Å². The molecule has 17 heavy (non-hydrogen) atoms. The van der Waals surface area contributed by atoms with Crippen LogP contribution in [0.2, 0.25) is 0 Å². The van der Waals surface area contributed by atoms with Gasteiger partial charge in [-0.2, -0.15) is 0 Å². The normalized spacial score (nSPS) is 28.9. The van der Waals surface area contributed by atoms with E-state index in [0.717, 1.165) is 38.6 Å². The molecule has 2 unspecified atom stereocenters. The Hall–Kier alpha value is -0.830. The molecule has 0 spiro atoms. The number of aliphatic hydroxyl groups excluding tert-OH is 1. The van der Waals surface area contributed by atoms with Gasteiger partial charge in [0, 0.05) is 13.0 Å². The minimum atomic E-state index is -0.141. The maximum absolute atomic E-state index is 11.7. The Morgan fingerprint density at radius 3 is 2.94 bits per heavy atom. The Balaban J connectivity index is 1.65. The van der Waals surface area contributed by atoms with Gasteiger partial charge in [0.05, 0.1) is 6.10 Å². The number of aliphatic hydroxyl groups is 1. The minimum absolute atomic E-state index is 0.141. The molecule has 0 heterocycles. The highest BCUT2D eigenvalue weighted by atomic mass is 16.3. The highest BCUT2D eigenvalue weighted by Crippen LogP contribution is 2.24. The maximum atomic E-state index is 11.7. The SMILES string of the molecule is O=C(CC1=CCCCC1)NCC1CCC(O)C1. The highest BCUT2D eigenvalue weighted by Gasteiger charge is 2.23. The van der Waals surface area contributed by atoms with Gasteiger partial charge in [-0.05, 0) is 50.9 Å². The van der Waals surface area contributed by atoms with Crippen molar-refractivity contribution in [3.8, 4) is 0 Å². The van der Waals surface area contributed by atoms with Crippen LogP contribution >= 0.6 is 0 Å². The van der Waals surface area contributed by atoms with Gasteiger partial charge in [0.2, 0.25) is 5.91 Å². The van der Waals surface area contributed by atoms with Crippen LogP contribution in [0.5, 0.6) is 0 Å². The fraction of sp³-hybridized carbons (Fsp3) is 0.786. The number of amides is 1. The average molecular weight is 237 g/mol. The fourth-order valence-corrected chi connectivity index (χ4v) is 2.83. The van der Waals surface area contributed by atoms with Crippen molar-refractivity contribution >= 4 is 5.91 Å². The Labute approximate surface area is 103 Å². The zero-order valence-electron chi connectivity index (χ0n) is 10.5. The van der Waals surface area contributed by atoms with Crippen molar-refractivity contribution in [2.24, 2.45) is 5.92 Å². The van der Waals surface area contributed by atoms with E-state index in [4.69, 9.17) is 0 Å². The highest BCUT2D eigenvalue weighted by molar-refractivity contribution is 5.78. The average Bonchev–Trinajstić information content (AvgIpc) is 2.74. The monoisotopic (exact) mass is 237 g/mol. The van der Waals surface area contributed by atoms with Gasteiger partial charge in [0.25, 0.3) is 0 Å². The summed E-state index contributed by atoms with van der Waals surface area (Å²) in [4.78, 5) is 11.7. The molecule has 2 rings (SSSR count). The topological polar surface area (TPSA) is 49.3 Å². The quantitative estimate of drug-likeness (QED) is 0.736. The van der Waals surface area contributed by atoms with Gasteiger partial charge in [-0.25, -0.2) is 0 Å². The molecule has 1 fully saturated rings. The van der Waals surface area contributed by atoms with Crippen molar-refractivity contribution < 1.29 is 9.90 Å². The molecule has 0 aromatic heterocycles. The third-order valence-corrected chi connectivity index (χ3v) is 3.87. The third-order valence-electron chi connectivity index (χ3n) is 3.87. The second-order valence-corrected chi connectivity index (χ2v) is 5.42. The summed E-state index contributed by atoms with van der Waals surface area (Å²) in [7, 11) is 0. The Bertz CT molecular complexity index is 299. The summed E-state index contributed by atoms with van der Waals surface area (Å²) in [6, 6.07) is 0. The molecule has 3 heteroatoms. The van der Waals surface area contributed by atoms with Crippen LogP contribution in [0.25, 0.3) is 0 Å². The van der Waals surface area contributed by atoms with Gasteiger partial charge in [0.15, 0.2) is 0 Å². The van der Waals surface area contributed by atoms with E-state index in [1.54, 1.807) is 0 Å². The van der Waals surface area contributed by atoms with E-state index in [-0.39, 0.29) is 12.0 Å². The second-order valence-electron chi connectivity index (χ2n) is 5.42. The van der Waals surface area contributed by atoms with Crippen LogP contribution in [-0.4, -0.2) is 23.7 Å². The predicted molar refractivity (Wildman–Crippen MR) is 67.5 cm³/mol. The molecule has 96 valence electrons. The summed E-state index contributed by atoms with van der Waals surface area (Å²) < 4.78 is 0. The standard InChI is InChI=1S/C14H23NO2/c16-13-7-6-12(8-13)10-15-14(17)9-11-4-2-1-3-5-11/h4,12-13,16H,1-3,5-10H2,(H,15,17). The van der Waals surface area contributed by atoms with Crippen LogP contribution in [0.15, 0.2) is 11.6 Å². The van der Waals surface area contributed by atoms with Crippen molar-refractivity contribution in [3.05, 3.63) is 11.6 Å². The molecule has 2 aliphatic carbocycles. The van der Waals surface area contributed by atoms with E-state index in [1.165, 1.54) is 18.4 Å². The van der Waals surface area contributed by atoms with Gasteiger partial charge in [-0.15, -0.1) is 0 Å². The molecule has 2 atom stereocenters. The zero-order chi connectivity index (χ0) is 12.1. The van der Waals surface area contributed by atoms with Crippen molar-refractivity contribution in [2.75, 3.05) is 6.54 Å². The van der Waals surface area contributed by atoms with Crippen LogP contribution in [0.4, 0.5) is 0 Å². The Morgan fingerprint density at radius 2 is 2.29 bits per heavy atom. The number of allylic oxidation sites excluding steroid dienone is 1. The van der Waals surface area contributed by atoms with E-state index in [0.29, 0.717) is 12.3 Å². The first-order chi connectivity index (χ1) is 8.24. The Kier molecular flexibility index (Phi) is 4.60. The second kappa shape index (κ2) is 6.20. The first kappa shape index (κ1) is 12.6. The molecule has 0 bridgehead atoms. The smallest absolute Gasteiger partial charge is 0.224 e. The fourth-order valence-electron chi connectivity index (χ4n) is 2.83. The largest absolute Gasteiger partial charge is 0.393 e. The number of carbonyl (C=O) groups excluding carboxylic acids is 1. The van der Waals surface area contributed by atoms with Crippen molar-refractivity contribution in [1.82, 2.24) is 5.32 Å². The summed E-state index contributed by atoms with van der Waals surface area (Å²) in [5, 5.41) is 12.4. The zero-order valence-corrected chi connectivity index (χ0v) is 10.5. The molecule has 0 aromatic carbocycles. The van der Waals surface area contributed by atoms with E-state index in [1.807, 2.05) is 0 Å². The Morgan fingerprint density at radius 1 is 1.41 bits per heavy atom. The summed E-state index contributed by atoms with van der Waals surface area (Å²) in [5.41, 5.74) is 1.31. The van der Waals surface area contributed by atoms with Gasteiger partial charge in [-0.3, -0.25) is 4.79 Å². The van der Waals surface area contributed by atoms with Crippen LogP contribution in [0.3, 0.4) is 0 Å². The lowest BCUT2D eigenvalue weighted by Crippen LogP contribution is -2.28. The maximum Gasteiger partial charge on any atom is 0.224 e. The minimum Gasteiger partial charge on any atom is -0.393 e.